The van der Waals surface area contributed by atoms with Crippen LogP contribution in [-0.2, 0) is 22.8 Å². The average Bonchev–Trinajstić information content (AvgIpc) is 2.89. The third-order valence-corrected chi connectivity index (χ3v) is 8.10. The first-order chi connectivity index (χ1) is 18.0. The van der Waals surface area contributed by atoms with Crippen LogP contribution in [0.5, 0.6) is 5.75 Å². The van der Waals surface area contributed by atoms with Gasteiger partial charge in [-0.25, -0.2) is 12.8 Å². The molecule has 2 N–H and O–H groups in total. The number of nitrogens with zero attached hydrogens (tertiary/aromatic N) is 1. The monoisotopic (exact) mass is 534 g/mol. The summed E-state index contributed by atoms with van der Waals surface area (Å²) in [5.74, 6) is -0.0298. The van der Waals surface area contributed by atoms with E-state index in [9.17, 15) is 13.2 Å². The summed E-state index contributed by atoms with van der Waals surface area (Å²) >= 11 is 0. The van der Waals surface area contributed by atoms with Gasteiger partial charge in [0.1, 0.15) is 11.6 Å². The summed E-state index contributed by atoms with van der Waals surface area (Å²) in [4.78, 5) is 13.9. The van der Waals surface area contributed by atoms with E-state index in [0.717, 1.165) is 11.8 Å². The van der Waals surface area contributed by atoms with E-state index in [0.29, 0.717) is 33.7 Å². The van der Waals surface area contributed by atoms with Gasteiger partial charge in [0.25, 0.3) is 5.56 Å². The van der Waals surface area contributed by atoms with E-state index in [2.05, 4.69) is 0 Å². The number of pyridine rings is 1. The van der Waals surface area contributed by atoms with Crippen LogP contribution in [0.25, 0.3) is 11.1 Å². The van der Waals surface area contributed by atoms with Crippen LogP contribution in [-0.4, -0.2) is 26.4 Å². The SMILES string of the molecule is COc1cccc(-c2c(C)c(Cc3c(F)cccc3S(C)(=O)=O)c(C)n(CC(N)c3ccccc3)c2=O)c1. The smallest absolute Gasteiger partial charge is 0.258 e. The second-order valence-corrected chi connectivity index (χ2v) is 11.4. The van der Waals surface area contributed by atoms with Gasteiger partial charge < -0.3 is 15.0 Å². The molecule has 0 aliphatic carbocycles. The number of ether oxygens (including phenoxy) is 1. The van der Waals surface area contributed by atoms with Gasteiger partial charge in [-0.2, -0.15) is 0 Å². The molecule has 4 aromatic rings. The molecule has 1 atom stereocenters. The average molecular weight is 535 g/mol. The van der Waals surface area contributed by atoms with E-state index < -0.39 is 21.7 Å². The Kier molecular flexibility index (Phi) is 7.85. The van der Waals surface area contributed by atoms with E-state index >= 15 is 4.39 Å². The zero-order chi connectivity index (χ0) is 27.6. The summed E-state index contributed by atoms with van der Waals surface area (Å²) in [6.45, 7) is 3.79. The Balaban J connectivity index is 1.97. The maximum Gasteiger partial charge on any atom is 0.258 e. The van der Waals surface area contributed by atoms with Gasteiger partial charge in [-0.15, -0.1) is 0 Å². The van der Waals surface area contributed by atoms with Crippen molar-refractivity contribution in [2.75, 3.05) is 13.4 Å². The number of sulfone groups is 1. The molecule has 0 spiro atoms. The Morgan fingerprint density at radius 3 is 2.32 bits per heavy atom. The quantitative estimate of drug-likeness (QED) is 0.345. The van der Waals surface area contributed by atoms with Gasteiger partial charge in [-0.05, 0) is 60.4 Å². The minimum Gasteiger partial charge on any atom is -0.497 e. The van der Waals surface area contributed by atoms with E-state index in [1.807, 2.05) is 36.4 Å². The van der Waals surface area contributed by atoms with Crippen LogP contribution in [0.15, 0.2) is 82.5 Å². The van der Waals surface area contributed by atoms with Crippen molar-refractivity contribution in [3.8, 4) is 16.9 Å². The Morgan fingerprint density at radius 1 is 0.974 bits per heavy atom. The molecule has 1 unspecified atom stereocenters. The van der Waals surface area contributed by atoms with Gasteiger partial charge in [-0.3, -0.25) is 4.79 Å². The van der Waals surface area contributed by atoms with Crippen LogP contribution in [0, 0.1) is 19.7 Å². The van der Waals surface area contributed by atoms with Crippen molar-refractivity contribution in [2.24, 2.45) is 5.73 Å². The highest BCUT2D eigenvalue weighted by molar-refractivity contribution is 7.90. The van der Waals surface area contributed by atoms with Gasteiger partial charge in [0.2, 0.25) is 0 Å². The number of methoxy groups -OCH3 is 1. The minimum atomic E-state index is -3.69. The Bertz CT molecular complexity index is 1650. The molecule has 1 heterocycles. The van der Waals surface area contributed by atoms with Crippen molar-refractivity contribution in [1.82, 2.24) is 4.57 Å². The summed E-state index contributed by atoms with van der Waals surface area (Å²) in [5.41, 5.74) is 10.2. The fourth-order valence-corrected chi connectivity index (χ4v) is 5.81. The molecule has 0 radical (unpaired) electrons. The highest BCUT2D eigenvalue weighted by Gasteiger charge is 2.24. The zero-order valence-corrected chi connectivity index (χ0v) is 22.7. The molecule has 0 bridgehead atoms. The van der Waals surface area contributed by atoms with Crippen LogP contribution >= 0.6 is 0 Å². The molecule has 0 saturated carbocycles. The van der Waals surface area contributed by atoms with Crippen molar-refractivity contribution in [3.63, 3.8) is 0 Å². The predicted octanol–water partition coefficient (Wildman–Crippen LogP) is 4.97. The number of hydrogen-bond donors (Lipinski definition) is 1. The second-order valence-electron chi connectivity index (χ2n) is 9.39. The molecule has 198 valence electrons. The summed E-state index contributed by atoms with van der Waals surface area (Å²) in [6, 6.07) is 20.2. The number of hydrogen-bond acceptors (Lipinski definition) is 5. The van der Waals surface area contributed by atoms with Crippen molar-refractivity contribution in [2.45, 2.75) is 37.8 Å². The first-order valence-electron chi connectivity index (χ1n) is 12.2. The molecular formula is C30H31FN2O4S. The highest BCUT2D eigenvalue weighted by atomic mass is 32.2. The third-order valence-electron chi connectivity index (χ3n) is 6.92. The van der Waals surface area contributed by atoms with E-state index in [1.165, 1.54) is 18.2 Å². The number of benzene rings is 3. The predicted molar refractivity (Wildman–Crippen MR) is 148 cm³/mol. The van der Waals surface area contributed by atoms with Crippen molar-refractivity contribution >= 4 is 9.84 Å². The molecule has 0 aliphatic heterocycles. The fourth-order valence-electron chi connectivity index (χ4n) is 4.87. The summed E-state index contributed by atoms with van der Waals surface area (Å²) < 4.78 is 47.1. The molecule has 0 amide bonds. The molecule has 1 aromatic heterocycles. The Morgan fingerprint density at radius 2 is 1.66 bits per heavy atom. The number of nitrogens with two attached hydrogens (primary N) is 1. The minimum absolute atomic E-state index is 0.00936. The summed E-state index contributed by atoms with van der Waals surface area (Å²) in [5, 5.41) is 0. The van der Waals surface area contributed by atoms with Gasteiger partial charge >= 0.3 is 0 Å². The van der Waals surface area contributed by atoms with Crippen LogP contribution < -0.4 is 16.0 Å². The van der Waals surface area contributed by atoms with Crippen LogP contribution in [0.1, 0.15) is 34.0 Å². The van der Waals surface area contributed by atoms with Gasteiger partial charge in [0, 0.05) is 36.5 Å². The van der Waals surface area contributed by atoms with Gasteiger partial charge in [-0.1, -0.05) is 48.5 Å². The molecule has 0 aliphatic rings. The van der Waals surface area contributed by atoms with Crippen LogP contribution in [0.2, 0.25) is 0 Å². The Labute approximate surface area is 222 Å². The lowest BCUT2D eigenvalue weighted by Gasteiger charge is -2.23. The first kappa shape index (κ1) is 27.3. The van der Waals surface area contributed by atoms with Crippen molar-refractivity contribution < 1.29 is 17.5 Å². The number of aromatic nitrogens is 1. The molecule has 0 fully saturated rings. The van der Waals surface area contributed by atoms with E-state index in [1.54, 1.807) is 43.7 Å². The van der Waals surface area contributed by atoms with Gasteiger partial charge in [0.15, 0.2) is 9.84 Å². The van der Waals surface area contributed by atoms with E-state index in [4.69, 9.17) is 10.5 Å². The molecule has 0 saturated heterocycles. The molecular weight excluding hydrogens is 503 g/mol. The molecule has 3 aromatic carbocycles. The maximum atomic E-state index is 15.1. The topological polar surface area (TPSA) is 91.4 Å². The molecule has 6 nitrogen and oxygen atoms in total. The van der Waals surface area contributed by atoms with E-state index in [-0.39, 0.29) is 29.0 Å². The molecule has 38 heavy (non-hydrogen) atoms. The molecule has 8 heteroatoms. The first-order valence-corrected chi connectivity index (χ1v) is 14.1. The lowest BCUT2D eigenvalue weighted by atomic mass is 9.92. The standard InChI is InChI=1S/C30H31FN2O4S/c1-19-24(17-25-26(31)14-9-15-28(25)38(4,35)36)20(2)33(18-27(32)21-10-6-5-7-11-21)30(34)29(19)22-12-8-13-23(16-22)37-3/h5-16,27H,17-18,32H2,1-4H3. The third kappa shape index (κ3) is 5.42. The van der Waals surface area contributed by atoms with Crippen LogP contribution in [0.4, 0.5) is 4.39 Å². The lowest BCUT2D eigenvalue weighted by Crippen LogP contribution is -2.31. The lowest BCUT2D eigenvalue weighted by molar-refractivity contribution is 0.415. The normalized spacial score (nSPS) is 12.4. The second kappa shape index (κ2) is 10.9. The van der Waals surface area contributed by atoms with Crippen molar-refractivity contribution in [3.05, 3.63) is 117 Å². The maximum absolute atomic E-state index is 15.1. The Hall–Kier alpha value is -3.75. The van der Waals surface area contributed by atoms with Crippen molar-refractivity contribution in [1.29, 1.82) is 0 Å². The largest absolute Gasteiger partial charge is 0.497 e. The summed E-state index contributed by atoms with van der Waals surface area (Å²) in [6.07, 6.45) is 1.05. The highest BCUT2D eigenvalue weighted by Crippen LogP contribution is 2.31. The fraction of sp³-hybridized carbons (Fsp3) is 0.233. The zero-order valence-electron chi connectivity index (χ0n) is 21.9. The number of halogens is 1. The molecule has 4 rings (SSSR count). The summed E-state index contributed by atoms with van der Waals surface area (Å²) in [7, 11) is -2.14. The number of rotatable bonds is 8. The van der Waals surface area contributed by atoms with Crippen LogP contribution in [0.3, 0.4) is 0 Å². The van der Waals surface area contributed by atoms with Gasteiger partial charge in [0.05, 0.1) is 17.6 Å².